The third-order valence-electron chi connectivity index (χ3n) is 2.66. The maximum Gasteiger partial charge on any atom is 0.433 e. The molecular formula is C12H12F3N3O2. The Labute approximate surface area is 113 Å². The minimum Gasteiger partial charge on any atom is -0.481 e. The average molecular weight is 287 g/mol. The lowest BCUT2D eigenvalue weighted by atomic mass is 10.1. The van der Waals surface area contributed by atoms with Crippen molar-refractivity contribution in [3.63, 3.8) is 0 Å². The van der Waals surface area contributed by atoms with Crippen molar-refractivity contribution in [3.05, 3.63) is 23.4 Å². The van der Waals surface area contributed by atoms with E-state index >= 15 is 0 Å². The summed E-state index contributed by atoms with van der Waals surface area (Å²) in [5.74, 6) is -2.09. The summed E-state index contributed by atoms with van der Waals surface area (Å²) >= 11 is 0. The molecule has 0 amide bonds. The molecule has 8 heteroatoms. The SMILES string of the molecule is CCC(CNc1nc(C(F)(F)F)ccc1C#N)C(=O)O. The van der Waals surface area contributed by atoms with Crippen molar-refractivity contribution >= 4 is 11.8 Å². The Kier molecular flexibility index (Phi) is 4.91. The minimum absolute atomic E-state index is 0.0711. The van der Waals surface area contributed by atoms with E-state index < -0.39 is 23.8 Å². The van der Waals surface area contributed by atoms with Crippen LogP contribution in [-0.4, -0.2) is 22.6 Å². The van der Waals surface area contributed by atoms with E-state index in [-0.39, 0.29) is 17.9 Å². The molecule has 0 aliphatic carbocycles. The van der Waals surface area contributed by atoms with Crippen LogP contribution in [0.4, 0.5) is 19.0 Å². The summed E-state index contributed by atoms with van der Waals surface area (Å²) in [5.41, 5.74) is -1.21. The largest absolute Gasteiger partial charge is 0.481 e. The van der Waals surface area contributed by atoms with E-state index in [1.807, 2.05) is 0 Å². The first kappa shape index (κ1) is 15.8. The second-order valence-corrected chi connectivity index (χ2v) is 4.03. The van der Waals surface area contributed by atoms with Crippen LogP contribution in [0.15, 0.2) is 12.1 Å². The smallest absolute Gasteiger partial charge is 0.433 e. The maximum absolute atomic E-state index is 12.5. The summed E-state index contributed by atoms with van der Waals surface area (Å²) in [4.78, 5) is 14.2. The summed E-state index contributed by atoms with van der Waals surface area (Å²) in [6.45, 7) is 1.54. The maximum atomic E-state index is 12.5. The number of hydrogen-bond acceptors (Lipinski definition) is 4. The zero-order chi connectivity index (χ0) is 15.3. The highest BCUT2D eigenvalue weighted by atomic mass is 19.4. The third kappa shape index (κ3) is 3.85. The molecule has 0 aromatic carbocycles. The van der Waals surface area contributed by atoms with E-state index in [1.165, 1.54) is 0 Å². The second kappa shape index (κ2) is 6.23. The highest BCUT2D eigenvalue weighted by Crippen LogP contribution is 2.29. The number of carboxylic acids is 1. The summed E-state index contributed by atoms with van der Waals surface area (Å²) in [7, 11) is 0. The van der Waals surface area contributed by atoms with Gasteiger partial charge in [0.05, 0.1) is 11.5 Å². The molecular weight excluding hydrogens is 275 g/mol. The standard InChI is InChI=1S/C12H12F3N3O2/c1-2-7(11(19)20)6-17-10-8(5-16)3-4-9(18-10)12(13,14)15/h3-4,7H,2,6H2,1H3,(H,17,18)(H,19,20). The Morgan fingerprint density at radius 3 is 2.65 bits per heavy atom. The number of aliphatic carboxylic acids is 1. The molecule has 1 aromatic rings. The molecule has 1 heterocycles. The first-order valence-electron chi connectivity index (χ1n) is 5.74. The fraction of sp³-hybridized carbons (Fsp3) is 0.417. The van der Waals surface area contributed by atoms with E-state index in [4.69, 9.17) is 10.4 Å². The second-order valence-electron chi connectivity index (χ2n) is 4.03. The number of rotatable bonds is 5. The number of nitrogens with zero attached hydrogens (tertiary/aromatic N) is 2. The fourth-order valence-corrected chi connectivity index (χ4v) is 1.47. The zero-order valence-corrected chi connectivity index (χ0v) is 10.5. The number of nitrogens with one attached hydrogen (secondary N) is 1. The number of halogens is 3. The molecule has 1 aromatic heterocycles. The molecule has 0 bridgehead atoms. The van der Waals surface area contributed by atoms with Crippen LogP contribution in [0.1, 0.15) is 24.6 Å². The minimum atomic E-state index is -4.62. The number of hydrogen-bond donors (Lipinski definition) is 2. The van der Waals surface area contributed by atoms with Crippen molar-refractivity contribution in [2.75, 3.05) is 11.9 Å². The highest BCUT2D eigenvalue weighted by molar-refractivity contribution is 5.70. The Morgan fingerprint density at radius 2 is 2.20 bits per heavy atom. The van der Waals surface area contributed by atoms with Crippen LogP contribution in [0, 0.1) is 17.2 Å². The number of alkyl halides is 3. The zero-order valence-electron chi connectivity index (χ0n) is 10.5. The molecule has 0 fully saturated rings. The third-order valence-corrected chi connectivity index (χ3v) is 2.66. The first-order chi connectivity index (χ1) is 9.29. The molecule has 0 radical (unpaired) electrons. The number of aromatic nitrogens is 1. The van der Waals surface area contributed by atoms with Gasteiger partial charge in [-0.05, 0) is 18.6 Å². The number of carboxylic acid groups (broad SMARTS) is 1. The molecule has 1 atom stereocenters. The van der Waals surface area contributed by atoms with Gasteiger partial charge in [-0.15, -0.1) is 0 Å². The Bertz CT molecular complexity index is 538. The molecule has 5 nitrogen and oxygen atoms in total. The predicted molar refractivity (Wildman–Crippen MR) is 63.9 cm³/mol. The summed E-state index contributed by atoms with van der Waals surface area (Å²) in [6.07, 6.45) is -4.31. The van der Waals surface area contributed by atoms with Gasteiger partial charge in [0, 0.05) is 6.54 Å². The fourth-order valence-electron chi connectivity index (χ4n) is 1.47. The lowest BCUT2D eigenvalue weighted by molar-refractivity contribution is -0.142. The lowest BCUT2D eigenvalue weighted by Gasteiger charge is -2.14. The highest BCUT2D eigenvalue weighted by Gasteiger charge is 2.33. The van der Waals surface area contributed by atoms with Gasteiger partial charge in [-0.2, -0.15) is 18.4 Å². The predicted octanol–water partition coefficient (Wildman–Crippen LogP) is 2.49. The number of nitriles is 1. The van der Waals surface area contributed by atoms with E-state index in [0.29, 0.717) is 12.5 Å². The van der Waals surface area contributed by atoms with Crippen molar-refractivity contribution in [2.24, 2.45) is 5.92 Å². The molecule has 20 heavy (non-hydrogen) atoms. The molecule has 2 N–H and O–H groups in total. The van der Waals surface area contributed by atoms with Gasteiger partial charge in [-0.1, -0.05) is 6.92 Å². The molecule has 0 spiro atoms. The van der Waals surface area contributed by atoms with Crippen LogP contribution in [0.3, 0.4) is 0 Å². The van der Waals surface area contributed by atoms with Crippen molar-refractivity contribution in [2.45, 2.75) is 19.5 Å². The number of pyridine rings is 1. The van der Waals surface area contributed by atoms with Crippen molar-refractivity contribution in [1.29, 1.82) is 5.26 Å². The summed E-state index contributed by atoms with van der Waals surface area (Å²) < 4.78 is 37.6. The topological polar surface area (TPSA) is 86.0 Å². The van der Waals surface area contributed by atoms with Crippen LogP contribution in [-0.2, 0) is 11.0 Å². The van der Waals surface area contributed by atoms with Gasteiger partial charge in [0.2, 0.25) is 0 Å². The number of carbonyl (C=O) groups is 1. The average Bonchev–Trinajstić information content (AvgIpc) is 2.37. The molecule has 1 rings (SSSR count). The van der Waals surface area contributed by atoms with Crippen molar-refractivity contribution in [3.8, 4) is 6.07 Å². The summed E-state index contributed by atoms with van der Waals surface area (Å²) in [6, 6.07) is 3.41. The van der Waals surface area contributed by atoms with Crippen LogP contribution >= 0.6 is 0 Å². The van der Waals surface area contributed by atoms with Crippen molar-refractivity contribution in [1.82, 2.24) is 4.98 Å². The van der Waals surface area contributed by atoms with Gasteiger partial charge < -0.3 is 10.4 Å². The van der Waals surface area contributed by atoms with Crippen LogP contribution in [0.25, 0.3) is 0 Å². The first-order valence-corrected chi connectivity index (χ1v) is 5.74. The molecule has 0 aliphatic rings. The van der Waals surface area contributed by atoms with E-state index in [1.54, 1.807) is 13.0 Å². The molecule has 108 valence electrons. The Morgan fingerprint density at radius 1 is 1.55 bits per heavy atom. The van der Waals surface area contributed by atoms with Crippen molar-refractivity contribution < 1.29 is 23.1 Å². The number of anilines is 1. The Balaban J connectivity index is 2.98. The molecule has 0 saturated carbocycles. The normalized spacial score (nSPS) is 12.6. The quantitative estimate of drug-likeness (QED) is 0.869. The van der Waals surface area contributed by atoms with E-state index in [0.717, 1.165) is 6.07 Å². The summed E-state index contributed by atoms with van der Waals surface area (Å²) in [5, 5.41) is 20.2. The van der Waals surface area contributed by atoms with Gasteiger partial charge in [-0.25, -0.2) is 4.98 Å². The van der Waals surface area contributed by atoms with Gasteiger partial charge in [0.1, 0.15) is 17.6 Å². The Hall–Kier alpha value is -2.30. The molecule has 0 saturated heterocycles. The van der Waals surface area contributed by atoms with Gasteiger partial charge in [0.15, 0.2) is 0 Å². The monoisotopic (exact) mass is 287 g/mol. The van der Waals surface area contributed by atoms with Gasteiger partial charge in [-0.3, -0.25) is 4.79 Å². The van der Waals surface area contributed by atoms with Crippen LogP contribution in [0.2, 0.25) is 0 Å². The van der Waals surface area contributed by atoms with E-state index in [2.05, 4.69) is 10.3 Å². The van der Waals surface area contributed by atoms with Gasteiger partial charge >= 0.3 is 12.1 Å². The lowest BCUT2D eigenvalue weighted by Crippen LogP contribution is -2.23. The molecule has 0 aliphatic heterocycles. The van der Waals surface area contributed by atoms with E-state index in [9.17, 15) is 18.0 Å². The van der Waals surface area contributed by atoms with Crippen LogP contribution in [0.5, 0.6) is 0 Å². The van der Waals surface area contributed by atoms with Gasteiger partial charge in [0.25, 0.3) is 0 Å². The van der Waals surface area contributed by atoms with Crippen LogP contribution < -0.4 is 5.32 Å². The molecule has 1 unspecified atom stereocenters.